The van der Waals surface area contributed by atoms with Gasteiger partial charge in [-0.25, -0.2) is 0 Å². The summed E-state index contributed by atoms with van der Waals surface area (Å²) in [6.07, 6.45) is 3.34. The van der Waals surface area contributed by atoms with Gasteiger partial charge >= 0.3 is 5.97 Å². The maximum absolute atomic E-state index is 11.5. The molecule has 0 aliphatic carbocycles. The van der Waals surface area contributed by atoms with Gasteiger partial charge in [0.2, 0.25) is 0 Å². The Morgan fingerprint density at radius 1 is 1.56 bits per heavy atom. The number of hydrogen-bond donors (Lipinski definition) is 1. The van der Waals surface area contributed by atoms with Gasteiger partial charge in [0.1, 0.15) is 6.04 Å². The number of likely N-dealkylation sites (tertiary alicyclic amines) is 1. The summed E-state index contributed by atoms with van der Waals surface area (Å²) in [6, 6.07) is 0.450. The first-order valence-corrected chi connectivity index (χ1v) is 6.72. The van der Waals surface area contributed by atoms with Gasteiger partial charge in [-0.2, -0.15) is 0 Å². The van der Waals surface area contributed by atoms with Crippen molar-refractivity contribution < 1.29 is 9.53 Å². The van der Waals surface area contributed by atoms with Crippen molar-refractivity contribution in [3.63, 3.8) is 0 Å². The second kappa shape index (κ2) is 7.71. The Morgan fingerprint density at radius 3 is 2.83 bits per heavy atom. The Morgan fingerprint density at radius 2 is 2.28 bits per heavy atom. The van der Waals surface area contributed by atoms with Crippen LogP contribution < -0.4 is 5.32 Å². The molecule has 0 amide bonds. The highest BCUT2D eigenvalue weighted by Gasteiger charge is 2.26. The molecule has 1 rings (SSSR count). The van der Waals surface area contributed by atoms with Gasteiger partial charge in [0.15, 0.2) is 0 Å². The molecule has 0 aromatic heterocycles. The number of carbonyl (C=O) groups is 1. The van der Waals surface area contributed by atoms with Crippen LogP contribution >= 0.6 is 0 Å². The zero-order valence-electron chi connectivity index (χ0n) is 12.1. The van der Waals surface area contributed by atoms with E-state index in [1.165, 1.54) is 20.0 Å². The summed E-state index contributed by atoms with van der Waals surface area (Å²) in [4.78, 5) is 16.2. The Kier molecular flexibility index (Phi) is 6.60. The van der Waals surface area contributed by atoms with Gasteiger partial charge in [0.05, 0.1) is 7.11 Å². The third kappa shape index (κ3) is 4.55. The monoisotopic (exact) mass is 257 g/mol. The van der Waals surface area contributed by atoms with Crippen molar-refractivity contribution in [2.24, 2.45) is 0 Å². The van der Waals surface area contributed by atoms with E-state index in [2.05, 4.69) is 29.2 Å². The molecule has 1 aliphatic rings. The molecular weight excluding hydrogens is 230 g/mol. The Labute approximate surface area is 110 Å². The van der Waals surface area contributed by atoms with Crippen LogP contribution in [-0.4, -0.2) is 75.7 Å². The minimum atomic E-state index is -0.185. The van der Waals surface area contributed by atoms with E-state index in [0.29, 0.717) is 6.04 Å². The largest absolute Gasteiger partial charge is 0.468 e. The first-order valence-electron chi connectivity index (χ1n) is 6.72. The van der Waals surface area contributed by atoms with Gasteiger partial charge in [-0.1, -0.05) is 0 Å². The van der Waals surface area contributed by atoms with E-state index >= 15 is 0 Å². The van der Waals surface area contributed by atoms with Gasteiger partial charge < -0.3 is 15.0 Å². The molecule has 0 aromatic rings. The fraction of sp³-hybridized carbons (Fsp3) is 0.923. The normalized spacial score (nSPS) is 22.4. The first kappa shape index (κ1) is 15.4. The molecule has 106 valence electrons. The van der Waals surface area contributed by atoms with Crippen molar-refractivity contribution >= 4 is 5.97 Å². The summed E-state index contributed by atoms with van der Waals surface area (Å²) in [5.41, 5.74) is 0. The van der Waals surface area contributed by atoms with Crippen LogP contribution in [0.1, 0.15) is 19.3 Å². The van der Waals surface area contributed by atoms with E-state index in [0.717, 1.165) is 26.1 Å². The highest BCUT2D eigenvalue weighted by atomic mass is 16.5. The minimum Gasteiger partial charge on any atom is -0.468 e. The SMILES string of the molecule is CNC(CCN1CCCC1CN(C)C)C(=O)OC. The lowest BCUT2D eigenvalue weighted by Crippen LogP contribution is -2.42. The molecule has 0 radical (unpaired) electrons. The fourth-order valence-corrected chi connectivity index (χ4v) is 2.64. The average molecular weight is 257 g/mol. The van der Waals surface area contributed by atoms with Gasteiger partial charge in [0, 0.05) is 19.1 Å². The fourth-order valence-electron chi connectivity index (χ4n) is 2.64. The van der Waals surface area contributed by atoms with Crippen molar-refractivity contribution in [1.82, 2.24) is 15.1 Å². The van der Waals surface area contributed by atoms with Crippen molar-refractivity contribution in [2.45, 2.75) is 31.3 Å². The highest BCUT2D eigenvalue weighted by molar-refractivity contribution is 5.75. The van der Waals surface area contributed by atoms with E-state index in [4.69, 9.17) is 4.74 Å². The Hall–Kier alpha value is -0.650. The molecule has 1 saturated heterocycles. The molecule has 1 N–H and O–H groups in total. The molecule has 1 aliphatic heterocycles. The average Bonchev–Trinajstić information content (AvgIpc) is 2.76. The molecule has 18 heavy (non-hydrogen) atoms. The standard InChI is InChI=1S/C13H27N3O2/c1-14-12(13(17)18-4)7-9-16-8-5-6-11(16)10-15(2)3/h11-12,14H,5-10H2,1-4H3. The predicted molar refractivity (Wildman–Crippen MR) is 72.6 cm³/mol. The molecule has 0 bridgehead atoms. The summed E-state index contributed by atoms with van der Waals surface area (Å²) in [5.74, 6) is -0.166. The molecule has 1 heterocycles. The zero-order chi connectivity index (χ0) is 13.5. The first-order chi connectivity index (χ1) is 8.58. The number of rotatable bonds is 7. The summed E-state index contributed by atoms with van der Waals surface area (Å²) >= 11 is 0. The predicted octanol–water partition coefficient (Wildman–Crippen LogP) is 0.164. The van der Waals surface area contributed by atoms with Crippen LogP contribution in [0.5, 0.6) is 0 Å². The lowest BCUT2D eigenvalue weighted by molar-refractivity contribution is -0.143. The maximum atomic E-state index is 11.5. The summed E-state index contributed by atoms with van der Waals surface area (Å²) in [6.45, 7) is 3.21. The number of esters is 1. The lowest BCUT2D eigenvalue weighted by atomic mass is 10.1. The summed E-state index contributed by atoms with van der Waals surface area (Å²) < 4.78 is 4.78. The molecule has 0 spiro atoms. The minimum absolute atomic E-state index is 0.166. The number of carbonyl (C=O) groups excluding carboxylic acids is 1. The summed E-state index contributed by atoms with van der Waals surface area (Å²) in [7, 11) is 7.48. The smallest absolute Gasteiger partial charge is 0.322 e. The van der Waals surface area contributed by atoms with Gasteiger partial charge in [-0.15, -0.1) is 0 Å². The molecule has 2 unspecified atom stereocenters. The zero-order valence-corrected chi connectivity index (χ0v) is 12.1. The molecule has 1 fully saturated rings. The summed E-state index contributed by atoms with van der Waals surface area (Å²) in [5, 5.41) is 3.02. The molecule has 0 aromatic carbocycles. The van der Waals surface area contributed by atoms with Gasteiger partial charge in [-0.3, -0.25) is 9.69 Å². The third-order valence-electron chi connectivity index (χ3n) is 3.61. The second-order valence-corrected chi connectivity index (χ2v) is 5.25. The Balaban J connectivity index is 2.38. The van der Waals surface area contributed by atoms with E-state index in [1.807, 2.05) is 7.05 Å². The third-order valence-corrected chi connectivity index (χ3v) is 3.61. The van der Waals surface area contributed by atoms with Crippen LogP contribution in [0.3, 0.4) is 0 Å². The number of ether oxygens (including phenoxy) is 1. The number of likely N-dealkylation sites (N-methyl/N-ethyl adjacent to an activating group) is 2. The molecule has 2 atom stereocenters. The second-order valence-electron chi connectivity index (χ2n) is 5.25. The van der Waals surface area contributed by atoms with Crippen molar-refractivity contribution in [3.8, 4) is 0 Å². The molecule has 5 nitrogen and oxygen atoms in total. The molecule has 5 heteroatoms. The van der Waals surface area contributed by atoms with E-state index in [1.54, 1.807) is 0 Å². The lowest BCUT2D eigenvalue weighted by Gasteiger charge is -2.28. The van der Waals surface area contributed by atoms with Crippen molar-refractivity contribution in [2.75, 3.05) is 47.9 Å². The van der Waals surface area contributed by atoms with E-state index < -0.39 is 0 Å². The van der Waals surface area contributed by atoms with E-state index in [9.17, 15) is 4.79 Å². The van der Waals surface area contributed by atoms with Crippen molar-refractivity contribution in [3.05, 3.63) is 0 Å². The topological polar surface area (TPSA) is 44.8 Å². The van der Waals surface area contributed by atoms with E-state index in [-0.39, 0.29) is 12.0 Å². The number of nitrogens with one attached hydrogen (secondary N) is 1. The molecule has 0 saturated carbocycles. The van der Waals surface area contributed by atoms with Crippen LogP contribution in [0.15, 0.2) is 0 Å². The van der Waals surface area contributed by atoms with Crippen LogP contribution in [0, 0.1) is 0 Å². The van der Waals surface area contributed by atoms with Crippen LogP contribution in [0.4, 0.5) is 0 Å². The van der Waals surface area contributed by atoms with Crippen LogP contribution in [0.2, 0.25) is 0 Å². The van der Waals surface area contributed by atoms with Crippen molar-refractivity contribution in [1.29, 1.82) is 0 Å². The number of nitrogens with zero attached hydrogens (tertiary/aromatic N) is 2. The maximum Gasteiger partial charge on any atom is 0.322 e. The number of hydrogen-bond acceptors (Lipinski definition) is 5. The number of methoxy groups -OCH3 is 1. The van der Waals surface area contributed by atoms with Crippen LogP contribution in [-0.2, 0) is 9.53 Å². The Bertz CT molecular complexity index is 259. The van der Waals surface area contributed by atoms with Crippen LogP contribution in [0.25, 0.3) is 0 Å². The van der Waals surface area contributed by atoms with Gasteiger partial charge in [0.25, 0.3) is 0 Å². The quantitative estimate of drug-likeness (QED) is 0.658. The highest BCUT2D eigenvalue weighted by Crippen LogP contribution is 2.18. The molecular formula is C13H27N3O2. The van der Waals surface area contributed by atoms with Gasteiger partial charge in [-0.05, 0) is 47.0 Å².